The Hall–Kier alpha value is -3.59. The van der Waals surface area contributed by atoms with Crippen LogP contribution in [0.15, 0.2) is 54.6 Å². The lowest BCUT2D eigenvalue weighted by Crippen LogP contribution is -2.37. The van der Waals surface area contributed by atoms with Gasteiger partial charge in [-0.1, -0.05) is 42.0 Å². The average molecular weight is 359 g/mol. The summed E-state index contributed by atoms with van der Waals surface area (Å²) in [4.78, 5) is 16.4. The number of fused-ring (bicyclic) bond motifs is 1. The smallest absolute Gasteiger partial charge is 0.315 e. The van der Waals surface area contributed by atoms with Crippen LogP contribution in [0.2, 0.25) is 0 Å². The summed E-state index contributed by atoms with van der Waals surface area (Å²) in [5.74, 6) is 0.528. The Kier molecular flexibility index (Phi) is 5.85. The molecule has 0 saturated heterocycles. The van der Waals surface area contributed by atoms with Crippen molar-refractivity contribution in [2.45, 2.75) is 13.5 Å². The minimum atomic E-state index is -0.233. The van der Waals surface area contributed by atoms with E-state index in [0.717, 1.165) is 22.0 Å². The molecule has 2 amide bonds. The van der Waals surface area contributed by atoms with Gasteiger partial charge in [-0.3, -0.25) is 0 Å². The number of hydrogen-bond donors (Lipinski definition) is 3. The molecule has 3 rings (SSSR count). The molecule has 3 aromatic rings. The summed E-state index contributed by atoms with van der Waals surface area (Å²) in [6.45, 7) is 3.37. The SMILES string of the molecule is Cc1ccc2nc(NCCNC(=O)NCc3ccccc3)c(C#N)cc2c1. The van der Waals surface area contributed by atoms with Gasteiger partial charge >= 0.3 is 6.03 Å². The molecule has 0 aliphatic rings. The van der Waals surface area contributed by atoms with Gasteiger partial charge < -0.3 is 16.0 Å². The summed E-state index contributed by atoms with van der Waals surface area (Å²) in [6, 6.07) is 19.4. The van der Waals surface area contributed by atoms with E-state index in [-0.39, 0.29) is 6.03 Å². The lowest BCUT2D eigenvalue weighted by molar-refractivity contribution is 0.241. The molecule has 2 aromatic carbocycles. The predicted molar refractivity (Wildman–Crippen MR) is 106 cm³/mol. The molecule has 0 spiro atoms. The standard InChI is InChI=1S/C21H21N5O/c1-15-7-8-19-17(11-15)12-18(13-22)20(26-19)23-9-10-24-21(27)25-14-16-5-3-2-4-6-16/h2-8,11-12H,9-10,14H2,1H3,(H,23,26)(H2,24,25,27). The van der Waals surface area contributed by atoms with Crippen molar-refractivity contribution in [3.8, 4) is 6.07 Å². The molecule has 6 heteroatoms. The Bertz CT molecular complexity index is 979. The van der Waals surface area contributed by atoms with Crippen LogP contribution in [-0.2, 0) is 6.54 Å². The fraction of sp³-hybridized carbons (Fsp3) is 0.190. The highest BCUT2D eigenvalue weighted by atomic mass is 16.2. The van der Waals surface area contributed by atoms with Gasteiger partial charge in [0, 0.05) is 25.0 Å². The third-order valence-corrected chi connectivity index (χ3v) is 4.09. The molecular formula is C21H21N5O. The van der Waals surface area contributed by atoms with Gasteiger partial charge in [0.2, 0.25) is 0 Å². The highest BCUT2D eigenvalue weighted by Crippen LogP contribution is 2.20. The van der Waals surface area contributed by atoms with Crippen LogP contribution in [0, 0.1) is 18.3 Å². The zero-order chi connectivity index (χ0) is 19.1. The Labute approximate surface area is 158 Å². The predicted octanol–water partition coefficient (Wildman–Crippen LogP) is 3.33. The first-order chi connectivity index (χ1) is 13.2. The number of hydrogen-bond acceptors (Lipinski definition) is 4. The maximum absolute atomic E-state index is 11.8. The molecule has 1 aromatic heterocycles. The van der Waals surface area contributed by atoms with Crippen molar-refractivity contribution in [2.24, 2.45) is 0 Å². The lowest BCUT2D eigenvalue weighted by atomic mass is 10.1. The summed E-state index contributed by atoms with van der Waals surface area (Å²) in [5.41, 5.74) is 3.48. The van der Waals surface area contributed by atoms with Crippen molar-refractivity contribution >= 4 is 22.8 Å². The number of aromatic nitrogens is 1. The molecule has 0 radical (unpaired) electrons. The summed E-state index contributed by atoms with van der Waals surface area (Å²) in [6.07, 6.45) is 0. The van der Waals surface area contributed by atoms with Crippen molar-refractivity contribution in [3.05, 3.63) is 71.3 Å². The largest absolute Gasteiger partial charge is 0.367 e. The first kappa shape index (κ1) is 18.2. The van der Waals surface area contributed by atoms with E-state index in [1.54, 1.807) is 0 Å². The minimum Gasteiger partial charge on any atom is -0.367 e. The zero-order valence-electron chi connectivity index (χ0n) is 15.1. The molecule has 6 nitrogen and oxygen atoms in total. The number of benzene rings is 2. The summed E-state index contributed by atoms with van der Waals surface area (Å²) < 4.78 is 0. The molecule has 0 saturated carbocycles. The number of amides is 2. The van der Waals surface area contributed by atoms with Gasteiger partial charge in [0.1, 0.15) is 11.9 Å². The number of pyridine rings is 1. The van der Waals surface area contributed by atoms with Crippen LogP contribution in [0.5, 0.6) is 0 Å². The molecular weight excluding hydrogens is 338 g/mol. The normalized spacial score (nSPS) is 10.2. The second-order valence-electron chi connectivity index (χ2n) is 6.21. The van der Waals surface area contributed by atoms with Crippen LogP contribution in [0.1, 0.15) is 16.7 Å². The number of nitrogens with zero attached hydrogens (tertiary/aromatic N) is 2. The molecule has 0 atom stereocenters. The molecule has 0 aliphatic carbocycles. The van der Waals surface area contributed by atoms with Crippen LogP contribution in [0.3, 0.4) is 0 Å². The van der Waals surface area contributed by atoms with E-state index < -0.39 is 0 Å². The molecule has 27 heavy (non-hydrogen) atoms. The maximum atomic E-state index is 11.8. The number of aryl methyl sites for hydroxylation is 1. The molecule has 0 bridgehead atoms. The van der Waals surface area contributed by atoms with Gasteiger partial charge in [0.15, 0.2) is 0 Å². The van der Waals surface area contributed by atoms with E-state index in [1.165, 1.54) is 0 Å². The van der Waals surface area contributed by atoms with Gasteiger partial charge in [-0.15, -0.1) is 0 Å². The number of nitrogens with one attached hydrogen (secondary N) is 3. The highest BCUT2D eigenvalue weighted by Gasteiger charge is 2.07. The van der Waals surface area contributed by atoms with Crippen LogP contribution >= 0.6 is 0 Å². The molecule has 0 aliphatic heterocycles. The summed E-state index contributed by atoms with van der Waals surface area (Å²) >= 11 is 0. The third kappa shape index (κ3) is 4.95. The average Bonchev–Trinajstić information content (AvgIpc) is 2.69. The van der Waals surface area contributed by atoms with Gasteiger partial charge in [-0.05, 0) is 30.7 Å². The van der Waals surface area contributed by atoms with Gasteiger partial charge in [-0.2, -0.15) is 5.26 Å². The molecule has 1 heterocycles. The Morgan fingerprint density at radius 2 is 1.89 bits per heavy atom. The van der Waals surface area contributed by atoms with Crippen molar-refractivity contribution in [1.29, 1.82) is 5.26 Å². The maximum Gasteiger partial charge on any atom is 0.315 e. The number of nitriles is 1. The van der Waals surface area contributed by atoms with E-state index in [0.29, 0.717) is 31.0 Å². The minimum absolute atomic E-state index is 0.233. The van der Waals surface area contributed by atoms with Crippen molar-refractivity contribution < 1.29 is 4.79 Å². The first-order valence-corrected chi connectivity index (χ1v) is 8.77. The lowest BCUT2D eigenvalue weighted by Gasteiger charge is -2.11. The Morgan fingerprint density at radius 3 is 2.67 bits per heavy atom. The monoisotopic (exact) mass is 359 g/mol. The third-order valence-electron chi connectivity index (χ3n) is 4.09. The zero-order valence-corrected chi connectivity index (χ0v) is 15.1. The second-order valence-corrected chi connectivity index (χ2v) is 6.21. The molecule has 0 unspecified atom stereocenters. The number of rotatable bonds is 6. The summed E-state index contributed by atoms with van der Waals surface area (Å²) in [7, 11) is 0. The molecule has 136 valence electrons. The van der Waals surface area contributed by atoms with Crippen LogP contribution < -0.4 is 16.0 Å². The van der Waals surface area contributed by atoms with Crippen molar-refractivity contribution in [2.75, 3.05) is 18.4 Å². The van der Waals surface area contributed by atoms with E-state index in [2.05, 4.69) is 27.0 Å². The van der Waals surface area contributed by atoms with E-state index >= 15 is 0 Å². The van der Waals surface area contributed by atoms with Gasteiger partial charge in [0.05, 0.1) is 11.1 Å². The highest BCUT2D eigenvalue weighted by molar-refractivity contribution is 5.83. The van der Waals surface area contributed by atoms with Crippen molar-refractivity contribution in [1.82, 2.24) is 15.6 Å². The molecule has 3 N–H and O–H groups in total. The van der Waals surface area contributed by atoms with Gasteiger partial charge in [-0.25, -0.2) is 9.78 Å². The van der Waals surface area contributed by atoms with E-state index in [4.69, 9.17) is 0 Å². The number of carbonyl (C=O) groups is 1. The van der Waals surface area contributed by atoms with Crippen LogP contribution in [0.25, 0.3) is 10.9 Å². The van der Waals surface area contributed by atoms with Crippen LogP contribution in [-0.4, -0.2) is 24.1 Å². The van der Waals surface area contributed by atoms with Crippen LogP contribution in [0.4, 0.5) is 10.6 Å². The number of carbonyl (C=O) groups excluding carboxylic acids is 1. The van der Waals surface area contributed by atoms with Gasteiger partial charge in [0.25, 0.3) is 0 Å². The first-order valence-electron chi connectivity index (χ1n) is 8.77. The molecule has 0 fully saturated rings. The quantitative estimate of drug-likeness (QED) is 0.589. The Morgan fingerprint density at radius 1 is 1.07 bits per heavy atom. The van der Waals surface area contributed by atoms with Crippen molar-refractivity contribution in [3.63, 3.8) is 0 Å². The number of urea groups is 1. The van der Waals surface area contributed by atoms with E-state index in [9.17, 15) is 10.1 Å². The topological polar surface area (TPSA) is 89.8 Å². The number of anilines is 1. The Balaban J connectivity index is 1.50. The summed E-state index contributed by atoms with van der Waals surface area (Å²) in [5, 5.41) is 19.0. The van der Waals surface area contributed by atoms with E-state index in [1.807, 2.05) is 61.5 Å². The fourth-order valence-electron chi connectivity index (χ4n) is 2.71. The fourth-order valence-corrected chi connectivity index (χ4v) is 2.71. The second kappa shape index (κ2) is 8.68.